The molecule has 0 bridgehead atoms. The molecule has 0 aliphatic heterocycles. The summed E-state index contributed by atoms with van der Waals surface area (Å²) in [6.45, 7) is 0. The Kier molecular flexibility index (Phi) is 4.08. The number of methoxy groups -OCH3 is 1. The van der Waals surface area contributed by atoms with E-state index in [1.54, 1.807) is 5.38 Å². The van der Waals surface area contributed by atoms with Crippen LogP contribution in [0.25, 0.3) is 0 Å². The minimum absolute atomic E-state index is 0.0221. The molecule has 0 radical (unpaired) electrons. The molecule has 1 aromatic carbocycles. The summed E-state index contributed by atoms with van der Waals surface area (Å²) in [6, 6.07) is 4.72. The van der Waals surface area contributed by atoms with E-state index in [4.69, 9.17) is 10.5 Å². The maximum atomic E-state index is 12.7. The largest absolute Gasteiger partial charge is 0.496 e. The molecule has 0 saturated carbocycles. The molecule has 0 aliphatic carbocycles. The second kappa shape index (κ2) is 5.65. The van der Waals surface area contributed by atoms with Gasteiger partial charge in [0, 0.05) is 22.8 Å². The zero-order valence-corrected chi connectivity index (χ0v) is 11.6. The number of nitrogens with two attached hydrogens (primary N) is 1. The van der Waals surface area contributed by atoms with Crippen molar-refractivity contribution < 1.29 is 22.7 Å². The van der Waals surface area contributed by atoms with Gasteiger partial charge in [0.2, 0.25) is 0 Å². The number of hydrogen-bond donors (Lipinski definition) is 2. The molecule has 0 aliphatic rings. The third kappa shape index (κ3) is 3.46. The predicted molar refractivity (Wildman–Crippen MR) is 74.7 cm³/mol. The van der Waals surface area contributed by atoms with Crippen LogP contribution in [0.2, 0.25) is 0 Å². The molecular formula is C13H11F3N2O2S. The molecule has 0 saturated heterocycles. The van der Waals surface area contributed by atoms with Crippen molar-refractivity contribution in [1.82, 2.24) is 0 Å². The molecule has 2 aromatic rings. The van der Waals surface area contributed by atoms with Gasteiger partial charge in [-0.25, -0.2) is 0 Å². The molecule has 0 spiro atoms. The van der Waals surface area contributed by atoms with Crippen LogP contribution in [0.1, 0.15) is 15.2 Å². The third-order valence-electron chi connectivity index (χ3n) is 2.65. The standard InChI is InChI=1S/C13H11F3N2O2S/c1-20-8-5-11(21-6-8)12(19)18-7-2-3-10(17)9(4-7)13(14,15)16/h2-6H,17H2,1H3,(H,18,19). The van der Waals surface area contributed by atoms with Crippen molar-refractivity contribution in [1.29, 1.82) is 0 Å². The number of carbonyl (C=O) groups excluding carboxylic acids is 1. The summed E-state index contributed by atoms with van der Waals surface area (Å²) >= 11 is 1.13. The minimum Gasteiger partial charge on any atom is -0.496 e. The van der Waals surface area contributed by atoms with E-state index in [1.807, 2.05) is 0 Å². The van der Waals surface area contributed by atoms with Crippen LogP contribution < -0.4 is 15.8 Å². The third-order valence-corrected chi connectivity index (χ3v) is 3.56. The van der Waals surface area contributed by atoms with Crippen LogP contribution in [0, 0.1) is 0 Å². The maximum Gasteiger partial charge on any atom is 0.418 e. The summed E-state index contributed by atoms with van der Waals surface area (Å²) < 4.78 is 43.1. The summed E-state index contributed by atoms with van der Waals surface area (Å²) in [7, 11) is 1.46. The first-order chi connectivity index (χ1) is 9.81. The first-order valence-electron chi connectivity index (χ1n) is 5.72. The topological polar surface area (TPSA) is 64.3 Å². The average molecular weight is 316 g/mol. The molecule has 0 atom stereocenters. The first kappa shape index (κ1) is 15.2. The molecule has 0 unspecified atom stereocenters. The van der Waals surface area contributed by atoms with Gasteiger partial charge in [-0.1, -0.05) is 0 Å². The number of ether oxygens (including phenoxy) is 1. The number of thiophene rings is 1. The molecule has 8 heteroatoms. The molecule has 1 heterocycles. The number of hydrogen-bond acceptors (Lipinski definition) is 4. The first-order valence-corrected chi connectivity index (χ1v) is 6.60. The van der Waals surface area contributed by atoms with Crippen molar-refractivity contribution in [2.24, 2.45) is 0 Å². The molecule has 0 fully saturated rings. The maximum absolute atomic E-state index is 12.7. The van der Waals surface area contributed by atoms with Crippen molar-refractivity contribution in [2.75, 3.05) is 18.2 Å². The Balaban J connectivity index is 2.21. The van der Waals surface area contributed by atoms with Gasteiger partial charge in [0.25, 0.3) is 5.91 Å². The number of amides is 1. The highest BCUT2D eigenvalue weighted by atomic mass is 32.1. The van der Waals surface area contributed by atoms with Crippen molar-refractivity contribution in [3.63, 3.8) is 0 Å². The van der Waals surface area contributed by atoms with Gasteiger partial charge in [-0.15, -0.1) is 11.3 Å². The van der Waals surface area contributed by atoms with Crippen molar-refractivity contribution in [2.45, 2.75) is 6.18 Å². The van der Waals surface area contributed by atoms with Gasteiger partial charge in [0.1, 0.15) is 5.75 Å². The van der Waals surface area contributed by atoms with Crippen LogP contribution in [-0.2, 0) is 6.18 Å². The van der Waals surface area contributed by atoms with E-state index in [0.29, 0.717) is 10.6 Å². The lowest BCUT2D eigenvalue weighted by Gasteiger charge is -2.12. The van der Waals surface area contributed by atoms with Gasteiger partial charge < -0.3 is 15.8 Å². The Bertz CT molecular complexity index is 668. The van der Waals surface area contributed by atoms with E-state index in [2.05, 4.69) is 5.32 Å². The highest BCUT2D eigenvalue weighted by Crippen LogP contribution is 2.35. The Morgan fingerprint density at radius 2 is 2.05 bits per heavy atom. The Labute approximate surface area is 122 Å². The van der Waals surface area contributed by atoms with Crippen LogP contribution >= 0.6 is 11.3 Å². The van der Waals surface area contributed by atoms with Crippen molar-refractivity contribution >= 4 is 28.6 Å². The molecule has 1 amide bonds. The van der Waals surface area contributed by atoms with Crippen molar-refractivity contribution in [3.8, 4) is 5.75 Å². The molecule has 4 nitrogen and oxygen atoms in total. The van der Waals surface area contributed by atoms with Crippen LogP contribution in [-0.4, -0.2) is 13.0 Å². The van der Waals surface area contributed by atoms with Gasteiger partial charge in [-0.05, 0) is 18.2 Å². The molecule has 112 valence electrons. The fourth-order valence-corrected chi connectivity index (χ4v) is 2.37. The van der Waals surface area contributed by atoms with E-state index < -0.39 is 23.3 Å². The summed E-state index contributed by atoms with van der Waals surface area (Å²) in [5.74, 6) is -0.000340. The lowest BCUT2D eigenvalue weighted by Crippen LogP contribution is -2.13. The number of anilines is 2. The van der Waals surface area contributed by atoms with Gasteiger partial charge in [0.15, 0.2) is 0 Å². The van der Waals surface area contributed by atoms with E-state index in [1.165, 1.54) is 19.2 Å². The monoisotopic (exact) mass is 316 g/mol. The minimum atomic E-state index is -4.57. The summed E-state index contributed by atoms with van der Waals surface area (Å²) in [4.78, 5) is 12.3. The molecular weight excluding hydrogens is 305 g/mol. The number of alkyl halides is 3. The fourth-order valence-electron chi connectivity index (χ4n) is 1.62. The van der Waals surface area contributed by atoms with Crippen molar-refractivity contribution in [3.05, 3.63) is 40.1 Å². The highest BCUT2D eigenvalue weighted by molar-refractivity contribution is 7.12. The summed E-state index contributed by atoms with van der Waals surface area (Å²) in [5.41, 5.74) is 3.94. The second-order valence-corrected chi connectivity index (χ2v) is 5.02. The second-order valence-electron chi connectivity index (χ2n) is 4.10. The Morgan fingerprint density at radius 1 is 1.33 bits per heavy atom. The van der Waals surface area contributed by atoms with E-state index in [-0.39, 0.29) is 5.69 Å². The zero-order chi connectivity index (χ0) is 15.6. The van der Waals surface area contributed by atoms with E-state index >= 15 is 0 Å². The predicted octanol–water partition coefficient (Wildman–Crippen LogP) is 3.61. The molecule has 1 aromatic heterocycles. The lowest BCUT2D eigenvalue weighted by atomic mass is 10.1. The number of carbonyl (C=O) groups is 1. The SMILES string of the molecule is COc1csc(C(=O)Nc2ccc(N)c(C(F)(F)F)c2)c1. The molecule has 3 N–H and O–H groups in total. The van der Waals surface area contributed by atoms with Crippen LogP contribution in [0.4, 0.5) is 24.5 Å². The normalized spacial score (nSPS) is 11.2. The fraction of sp³-hybridized carbons (Fsp3) is 0.154. The van der Waals surface area contributed by atoms with Gasteiger partial charge in [-0.2, -0.15) is 13.2 Å². The van der Waals surface area contributed by atoms with E-state index in [0.717, 1.165) is 23.5 Å². The smallest absolute Gasteiger partial charge is 0.418 e. The molecule has 2 rings (SSSR count). The number of nitrogens with one attached hydrogen (secondary N) is 1. The quantitative estimate of drug-likeness (QED) is 0.850. The summed E-state index contributed by atoms with van der Waals surface area (Å²) in [6.07, 6.45) is -4.57. The van der Waals surface area contributed by atoms with Gasteiger partial charge >= 0.3 is 6.18 Å². The van der Waals surface area contributed by atoms with Gasteiger partial charge in [-0.3, -0.25) is 4.79 Å². The van der Waals surface area contributed by atoms with E-state index in [9.17, 15) is 18.0 Å². The Hall–Kier alpha value is -2.22. The lowest BCUT2D eigenvalue weighted by molar-refractivity contribution is -0.136. The number of benzene rings is 1. The van der Waals surface area contributed by atoms with Crippen LogP contribution in [0.5, 0.6) is 5.75 Å². The highest BCUT2D eigenvalue weighted by Gasteiger charge is 2.33. The molecule has 21 heavy (non-hydrogen) atoms. The number of halogens is 3. The number of rotatable bonds is 3. The van der Waals surface area contributed by atoms with Crippen LogP contribution in [0.15, 0.2) is 29.6 Å². The summed E-state index contributed by atoms with van der Waals surface area (Å²) in [5, 5.41) is 4.02. The van der Waals surface area contributed by atoms with Gasteiger partial charge in [0.05, 0.1) is 17.6 Å². The Morgan fingerprint density at radius 3 is 2.62 bits per heavy atom. The number of nitrogen functional groups attached to an aromatic ring is 1. The average Bonchev–Trinajstić information content (AvgIpc) is 2.88. The van der Waals surface area contributed by atoms with Crippen LogP contribution in [0.3, 0.4) is 0 Å². The zero-order valence-electron chi connectivity index (χ0n) is 10.8.